The quantitative estimate of drug-likeness (QED) is 0.00407. The molecule has 35 heteroatoms. The molecular formula is C105H130F5N7O20S3. The van der Waals surface area contributed by atoms with Crippen LogP contribution in [0.2, 0.25) is 0 Å². The Hall–Kier alpha value is -9.48. The van der Waals surface area contributed by atoms with E-state index in [-0.39, 0.29) is 129 Å². The van der Waals surface area contributed by atoms with Gasteiger partial charge in [0.25, 0.3) is 5.69 Å². The summed E-state index contributed by atoms with van der Waals surface area (Å²) in [5.74, 6) is -0.0892. The first kappa shape index (κ1) is 111. The summed E-state index contributed by atoms with van der Waals surface area (Å²) in [6.07, 6.45) is 11.0. The number of aldehydes is 1. The summed E-state index contributed by atoms with van der Waals surface area (Å²) >= 11 is 8.64. The monoisotopic (exact) mass is 2000 g/mol. The van der Waals surface area contributed by atoms with Crippen molar-refractivity contribution >= 4 is 80.4 Å². The van der Waals surface area contributed by atoms with E-state index in [1.807, 2.05) is 47.9 Å². The summed E-state index contributed by atoms with van der Waals surface area (Å²) in [5, 5.41) is 43.6. The standard InChI is InChI=1S/C30H29FO4S.C19H23FN2O5S.C13H15FN2OS.C13H15FO2.C12H16FNO2.C6H9NO2.C6H13NO2.C6H10O2/c31-28-12-6-5-11-27(28)30(19-34-14-13-20(30)17-32)16-21(36)15-29(33)35-18-26-24-9-3-1-7-22(24)23-8-2-4-10-25(23)26;1-18(2,3)27-17(23)9-16-21-19(11-26-7-6-12(19)10-28-16)14-8-13(22(24)25)4-5-15(14)20;14-11-4-2-1-3-10(11)13-8-17-6-5-9(13)7-18-12(15)16-13;14-12-4-2-1-3-11(12)13-8-15-6-5-10(13)7-16-9-13;13-11-4-2-1-3-10(11)12(14)8-16-6-5-9(12)7-15;1-2-8-4-6-5(1)3-9-7-6;1-2-3-5-9-6-4-7-8;1-2-3-5-8-6-4-7/h1-12,20,26,32H,13-19H2;4-5,8,12H,6-7,9-11H2,1-3H3;1-4,9H,5-8H2,(H2,15,16);1-4,10H,5-9H2;1-4,9,15H,5-8,14H2;5H,1-4H2;2,7-8H,1,3-6H2;2,4H,1,3,5-6H2/t20-,30+;12-,19-;9-,13-;10-,13-;9-,12-;;;/m00000.../s1. The number of benzene rings is 7. The van der Waals surface area contributed by atoms with Crippen molar-refractivity contribution in [2.24, 2.45) is 62.1 Å². The molecule has 140 heavy (non-hydrogen) atoms. The molecule has 11 atom stereocenters. The van der Waals surface area contributed by atoms with E-state index < -0.39 is 50.3 Å². The number of nitro benzene ring substituents is 1. The lowest BCUT2D eigenvalue weighted by Crippen LogP contribution is -2.53. The minimum atomic E-state index is -1.07. The molecule has 0 amide bonds. The van der Waals surface area contributed by atoms with Crippen LogP contribution in [0.1, 0.15) is 136 Å². The van der Waals surface area contributed by atoms with E-state index in [9.17, 15) is 56.7 Å². The molecule has 0 aromatic heterocycles. The Labute approximate surface area is 829 Å². The predicted octanol–water partition coefficient (Wildman–Crippen LogP) is 16.4. The van der Waals surface area contributed by atoms with Crippen LogP contribution in [0.25, 0.3) is 11.1 Å². The number of halogens is 5. The summed E-state index contributed by atoms with van der Waals surface area (Å²) in [6, 6.07) is 46.6. The normalized spacial score (nSPS) is 25.0. The van der Waals surface area contributed by atoms with Crippen molar-refractivity contribution in [1.82, 2.24) is 5.48 Å². The number of oxime groups is 1. The first-order chi connectivity index (χ1) is 67.7. The molecule has 8 N–H and O–H groups in total. The summed E-state index contributed by atoms with van der Waals surface area (Å²) in [6.45, 7) is 23.3. The van der Waals surface area contributed by atoms with Gasteiger partial charge in [-0.05, 0) is 154 Å². The number of nitrogens with one attached hydrogen (secondary N) is 1. The molecule has 10 aliphatic heterocycles. The van der Waals surface area contributed by atoms with E-state index in [2.05, 4.69) is 47.6 Å². The van der Waals surface area contributed by atoms with Crippen LogP contribution in [-0.2, 0) is 98.8 Å². The van der Waals surface area contributed by atoms with Crippen molar-refractivity contribution in [3.05, 3.63) is 267 Å². The van der Waals surface area contributed by atoms with E-state index in [0.29, 0.717) is 147 Å². The summed E-state index contributed by atoms with van der Waals surface area (Å²) in [7, 11) is 0. The van der Waals surface area contributed by atoms with E-state index in [1.165, 1.54) is 53.2 Å². The zero-order valence-corrected chi connectivity index (χ0v) is 82.0. The third-order valence-electron chi connectivity index (χ3n) is 26.4. The van der Waals surface area contributed by atoms with Crippen LogP contribution in [0.4, 0.5) is 27.6 Å². The van der Waals surface area contributed by atoms with Gasteiger partial charge in [-0.15, -0.1) is 24.9 Å². The molecule has 7 fully saturated rings. The summed E-state index contributed by atoms with van der Waals surface area (Å²) in [4.78, 5) is 60.0. The molecule has 10 heterocycles. The van der Waals surface area contributed by atoms with Gasteiger partial charge in [-0.2, -0.15) is 0 Å². The number of hydroxylamine groups is 1. The minimum Gasteiger partial charge on any atom is -0.464 e. The number of aliphatic imine (C=N–C) groups is 2. The highest BCUT2D eigenvalue weighted by Gasteiger charge is 2.52. The van der Waals surface area contributed by atoms with Crippen LogP contribution < -0.4 is 16.9 Å². The lowest BCUT2D eigenvalue weighted by Gasteiger charge is -2.44. The third kappa shape index (κ3) is 29.2. The number of non-ortho nitro benzene ring substituents is 1. The van der Waals surface area contributed by atoms with Gasteiger partial charge in [0.15, 0.2) is 5.17 Å². The van der Waals surface area contributed by atoms with Gasteiger partial charge in [0.2, 0.25) is 0 Å². The number of amidine groups is 1. The average molecular weight is 2000 g/mol. The Bertz CT molecular complexity index is 5280. The molecule has 11 aliphatic rings. The predicted molar refractivity (Wildman–Crippen MR) is 531 cm³/mol. The van der Waals surface area contributed by atoms with Crippen molar-refractivity contribution in [2.75, 3.05) is 163 Å². The van der Waals surface area contributed by atoms with Gasteiger partial charge in [0, 0.05) is 140 Å². The molecule has 18 rings (SSSR count). The SMILES string of the molecule is C1CC2CON=C2CO1.C=CCCOCC=O.C=CCCOCCNO.CC(C)(C)OC(=O)CC1=N[C@@]2(c3cc([N+](=O)[O-])ccc3F)COCC[C@H]2CS1.Fc1ccccc1[C@]12COCC[C@H]1COC2.NC1=N[C@@]2(c3ccccc3F)COCC[C@H]2CS1.N[C@@]1(c2ccccc2F)COCC[C@H]1CO.O=C(CC(=S)C[C@@]1(c2ccccc2F)COCC[C@H]1CO)OCC1c2ccccc2-c2ccccc21. The molecule has 1 unspecified atom stereocenters. The summed E-state index contributed by atoms with van der Waals surface area (Å²) in [5.41, 5.74) is 17.7. The Morgan fingerprint density at radius 2 is 1.12 bits per heavy atom. The molecule has 0 radical (unpaired) electrons. The number of nitrogens with two attached hydrogens (primary N) is 2. The average Bonchev–Trinajstić information content (AvgIpc) is 1.11. The van der Waals surface area contributed by atoms with E-state index in [0.717, 1.165) is 112 Å². The number of rotatable bonds is 27. The number of aliphatic hydroxyl groups excluding tert-OH is 2. The van der Waals surface area contributed by atoms with Crippen LogP contribution in [-0.4, -0.2) is 228 Å². The topological polar surface area (TPSA) is 367 Å². The fourth-order valence-corrected chi connectivity index (χ4v) is 21.8. The molecule has 7 saturated heterocycles. The molecular weight excluding hydrogens is 1870 g/mol. The first-order valence-electron chi connectivity index (χ1n) is 47.3. The van der Waals surface area contributed by atoms with Crippen molar-refractivity contribution in [1.29, 1.82) is 0 Å². The highest BCUT2D eigenvalue weighted by Crippen LogP contribution is 2.51. The highest BCUT2D eigenvalue weighted by molar-refractivity contribution is 8.14. The second-order valence-electron chi connectivity index (χ2n) is 36.6. The number of hydrogen-bond acceptors (Lipinski definition) is 29. The van der Waals surface area contributed by atoms with Gasteiger partial charge in [0.1, 0.15) is 71.9 Å². The maximum atomic E-state index is 14.9. The van der Waals surface area contributed by atoms with Crippen molar-refractivity contribution in [3.8, 4) is 11.1 Å². The fraction of sp³-hybridized carbons (Fsp3) is 0.495. The smallest absolute Gasteiger partial charge is 0.312 e. The Kier molecular flexibility index (Phi) is 43.4. The van der Waals surface area contributed by atoms with Gasteiger partial charge in [-0.25, -0.2) is 32.4 Å². The van der Waals surface area contributed by atoms with Gasteiger partial charge in [-0.1, -0.05) is 163 Å². The van der Waals surface area contributed by atoms with Gasteiger partial charge >= 0.3 is 11.9 Å². The lowest BCUT2D eigenvalue weighted by molar-refractivity contribution is -0.385. The number of thiocarbonyl (C=S) groups is 1. The number of esters is 2. The molecule has 0 saturated carbocycles. The number of carbonyl (C=O) groups excluding carboxylic acids is 3. The highest BCUT2D eigenvalue weighted by atomic mass is 32.2. The zero-order chi connectivity index (χ0) is 100. The van der Waals surface area contributed by atoms with Crippen LogP contribution >= 0.6 is 35.7 Å². The van der Waals surface area contributed by atoms with Crippen LogP contribution in [0.5, 0.6) is 0 Å². The minimum absolute atomic E-state index is 0.0209. The Balaban J connectivity index is 0.000000161. The van der Waals surface area contributed by atoms with E-state index in [4.69, 9.17) is 90.8 Å². The second-order valence-corrected chi connectivity index (χ2v) is 39.3. The number of fused-ring (bicyclic) bond motifs is 7. The Morgan fingerprint density at radius 3 is 1.71 bits per heavy atom. The summed E-state index contributed by atoms with van der Waals surface area (Å²) < 4.78 is 131. The number of hydrogen-bond donors (Lipinski definition) is 6. The van der Waals surface area contributed by atoms with Crippen LogP contribution in [0, 0.1) is 74.7 Å². The molecule has 0 spiro atoms. The second kappa shape index (κ2) is 54.8. The van der Waals surface area contributed by atoms with Gasteiger partial charge < -0.3 is 88.6 Å². The van der Waals surface area contributed by atoms with Crippen molar-refractivity contribution in [3.63, 3.8) is 0 Å². The maximum Gasteiger partial charge on any atom is 0.312 e. The largest absolute Gasteiger partial charge is 0.464 e. The first-order valence-corrected chi connectivity index (χ1v) is 49.7. The fourth-order valence-electron chi connectivity index (χ4n) is 19.1. The molecule has 27 nitrogen and oxygen atoms in total. The molecule has 758 valence electrons. The zero-order valence-electron chi connectivity index (χ0n) is 79.6. The van der Waals surface area contributed by atoms with Gasteiger partial charge in [0.05, 0.1) is 112 Å². The number of carbonyl (C=O) groups is 3. The van der Waals surface area contributed by atoms with E-state index >= 15 is 0 Å². The number of nitrogens with zero attached hydrogens (tertiary/aromatic N) is 4. The maximum absolute atomic E-state index is 14.9. The van der Waals surface area contributed by atoms with Gasteiger partial charge in [-0.3, -0.25) is 24.7 Å². The third-order valence-corrected chi connectivity index (χ3v) is 28.8. The molecule has 7 aromatic carbocycles. The number of thioether (sulfide) groups is 2. The van der Waals surface area contributed by atoms with Crippen molar-refractivity contribution < 1.29 is 114 Å². The van der Waals surface area contributed by atoms with Crippen molar-refractivity contribution in [2.45, 2.75) is 130 Å². The van der Waals surface area contributed by atoms with Crippen LogP contribution in [0.3, 0.4) is 0 Å². The van der Waals surface area contributed by atoms with E-state index in [1.54, 1.807) is 99.3 Å². The Morgan fingerprint density at radius 1 is 0.600 bits per heavy atom. The number of ether oxygens (including phenoxy) is 11. The molecule has 1 aliphatic carbocycles. The number of nitro groups is 1. The lowest BCUT2D eigenvalue weighted by atomic mass is 9.65. The molecule has 7 aromatic rings. The molecule has 0 bridgehead atoms. The number of aliphatic hydroxyl groups is 2. The van der Waals surface area contributed by atoms with Crippen LogP contribution in [0.15, 0.2) is 204 Å².